The zero-order chi connectivity index (χ0) is 78.1. The molecule has 11 N–H and O–H groups in total. The Balaban J connectivity index is -0.000000137. The normalized spacial score (nSPS) is 18.0. The number of carboxylic acid groups (broad SMARTS) is 1. The van der Waals surface area contributed by atoms with Gasteiger partial charge in [-0.2, -0.15) is 0 Å². The van der Waals surface area contributed by atoms with Crippen LogP contribution in [0.2, 0.25) is 0 Å². The van der Waals surface area contributed by atoms with Crippen molar-refractivity contribution in [3.8, 4) is 0 Å². The molecule has 38 heteroatoms. The zero-order valence-electron chi connectivity index (χ0n) is 59.8. The Morgan fingerprint density at radius 1 is 0.343 bits per heavy atom. The number of carbonyl (C=O) groups excluding carboxylic acids is 10. The maximum atomic E-state index is 11.8. The number of hydrogen-bond acceptors (Lipinski definition) is 37. The van der Waals surface area contributed by atoms with Crippen molar-refractivity contribution in [3.05, 3.63) is 0 Å². The molecule has 0 spiro atoms. The molecule has 3 saturated heterocycles. The van der Waals surface area contributed by atoms with Crippen molar-refractivity contribution in [2.75, 3.05) is 172 Å². The lowest BCUT2D eigenvalue weighted by molar-refractivity contribution is -0.184. The van der Waals surface area contributed by atoms with Crippen LogP contribution in [-0.4, -0.2) is 335 Å². The number of rotatable bonds is 48. The van der Waals surface area contributed by atoms with Crippen LogP contribution in [0.25, 0.3) is 0 Å². The minimum absolute atomic E-state index is 0. The molecule has 3 fully saturated rings. The van der Waals surface area contributed by atoms with Crippen molar-refractivity contribution in [2.45, 2.75) is 218 Å². The maximum absolute atomic E-state index is 11.8. The molecule has 38 nitrogen and oxygen atoms in total. The van der Waals surface area contributed by atoms with Crippen LogP contribution >= 0.6 is 0 Å². The zero-order valence-corrected chi connectivity index (χ0v) is 59.8. The van der Waals surface area contributed by atoms with E-state index < -0.39 is 71.5 Å². The lowest BCUT2D eigenvalue weighted by Crippen LogP contribution is -2.31. The van der Waals surface area contributed by atoms with Crippen molar-refractivity contribution >= 4 is 64.9 Å². The van der Waals surface area contributed by atoms with Gasteiger partial charge >= 0.3 is 41.8 Å². The number of Topliss-reactive ketones (excluding diaryl/α,β-unsaturated/α-hetero) is 4. The summed E-state index contributed by atoms with van der Waals surface area (Å²) >= 11 is 0. The van der Waals surface area contributed by atoms with Gasteiger partial charge in [-0.25, -0.2) is 0 Å². The number of esters is 6. The number of aliphatic hydroxyl groups is 10. The molecule has 0 saturated carbocycles. The highest BCUT2D eigenvalue weighted by atomic mass is 16.8. The average Bonchev–Trinajstić information content (AvgIpc) is 1.72. The Bertz CT molecular complexity index is 2190. The van der Waals surface area contributed by atoms with E-state index in [-0.39, 0.29) is 302 Å². The van der Waals surface area contributed by atoms with Gasteiger partial charge in [-0.3, -0.25) is 33.6 Å². The number of aliphatic hydroxyl groups excluding tert-OH is 10. The number of carbonyl (C=O) groups is 11. The number of hydrogen-bond donors (Lipinski definition) is 11. The van der Waals surface area contributed by atoms with Crippen LogP contribution < -0.4 is 0 Å². The van der Waals surface area contributed by atoms with Crippen LogP contribution in [0.15, 0.2) is 0 Å². The molecule has 0 aromatic rings. The van der Waals surface area contributed by atoms with Crippen molar-refractivity contribution in [1.29, 1.82) is 0 Å². The molecule has 6 atom stereocenters. The minimum atomic E-state index is -1.09. The van der Waals surface area contributed by atoms with E-state index in [4.69, 9.17) is 122 Å². The molecule has 0 aromatic carbocycles. The van der Waals surface area contributed by atoms with Crippen molar-refractivity contribution < 1.29 is 185 Å². The Morgan fingerprint density at radius 2 is 0.602 bits per heavy atom. The van der Waals surface area contributed by atoms with E-state index in [0.29, 0.717) is 32.7 Å². The standard InChI is InChI=1S/C19H32O11.C14H22O7.C11H20O7.C8H14O4.C5H8O3.C4H10O3.C3H8O3.6CH4/c1-18(27-12-14(10-20)29-18)4-3-16(22)25-7-5-24-6-8-26-17(23)9-19(2)28-13-15(11-21)30-19;1-11(15)3-5-13(17)20-9-7-19-8-10-21-14(18)6-4-12(2)16;1-11(17-8-9(7-13)18-11)6-10(14)16-5-4-15-3-2-12;1-7(10)3-4-8(11)12-6-2-5-9;1-4(6)2-3-5(7)8;5-1-3-7-4-2-6;4-1-3(6)2-5;;;;;;/h14-15,20-21H,3-13H2,1-2H3;3-10H2,1-2H3;9,12-13H,2-8H2,1H3;9H,2-6H2,1H3;2-3H2,1H3,(H,7,8);5-6H,1-4H2;3-6H,1-2H2;6*1H4. The molecule has 3 aliphatic heterocycles. The number of ketones is 4. The van der Waals surface area contributed by atoms with Gasteiger partial charge in [0.05, 0.1) is 177 Å². The number of aliphatic carboxylic acids is 1. The van der Waals surface area contributed by atoms with E-state index in [1.54, 1.807) is 20.8 Å². The summed E-state index contributed by atoms with van der Waals surface area (Å²) in [7, 11) is 0. The summed E-state index contributed by atoms with van der Waals surface area (Å²) < 4.78 is 81.8. The van der Waals surface area contributed by atoms with Crippen molar-refractivity contribution in [3.63, 3.8) is 0 Å². The number of ether oxygens (including phenoxy) is 16. The van der Waals surface area contributed by atoms with Gasteiger partial charge in [-0.1, -0.05) is 44.6 Å². The highest BCUT2D eigenvalue weighted by Gasteiger charge is 2.41. The number of carboxylic acids is 1. The van der Waals surface area contributed by atoms with Gasteiger partial charge in [0.2, 0.25) is 0 Å². The Labute approximate surface area is 637 Å². The maximum Gasteiger partial charge on any atom is 0.311 e. The summed E-state index contributed by atoms with van der Waals surface area (Å²) in [6.45, 7) is 12.7. The largest absolute Gasteiger partial charge is 0.481 e. The predicted octanol–water partition coefficient (Wildman–Crippen LogP) is 1.25. The summed E-state index contributed by atoms with van der Waals surface area (Å²) in [5.74, 6) is -6.77. The summed E-state index contributed by atoms with van der Waals surface area (Å²) in [6.07, 6.45) is -0.416. The van der Waals surface area contributed by atoms with E-state index in [9.17, 15) is 52.7 Å². The highest BCUT2D eigenvalue weighted by molar-refractivity contribution is 5.82. The third-order valence-electron chi connectivity index (χ3n) is 12.2. The first kappa shape index (κ1) is 123. The van der Waals surface area contributed by atoms with E-state index in [1.807, 2.05) is 0 Å². The van der Waals surface area contributed by atoms with Gasteiger partial charge in [-0.05, 0) is 48.5 Å². The van der Waals surface area contributed by atoms with Crippen LogP contribution in [0.1, 0.15) is 176 Å². The smallest absolute Gasteiger partial charge is 0.311 e. The van der Waals surface area contributed by atoms with E-state index in [1.165, 1.54) is 27.7 Å². The molecule has 3 heterocycles. The monoisotopic (exact) mass is 1590 g/mol. The molecular weight excluding hydrogens is 1450 g/mol. The molecule has 0 aromatic heterocycles. The molecule has 0 aliphatic carbocycles. The molecule has 0 amide bonds. The molecule has 108 heavy (non-hydrogen) atoms. The first-order valence-corrected chi connectivity index (χ1v) is 32.9. The molecule has 646 valence electrons. The lowest BCUT2D eigenvalue weighted by Gasteiger charge is -2.22. The minimum Gasteiger partial charge on any atom is -0.481 e. The van der Waals surface area contributed by atoms with Gasteiger partial charge in [0.15, 0.2) is 17.4 Å². The highest BCUT2D eigenvalue weighted by Crippen LogP contribution is 2.29. The SMILES string of the molecule is C.C.C.C.C.C.CC(=O)CCC(=O)O.CC(=O)CCC(=O)OCCCO.CC(=O)CCC(=O)OCCOCCOC(=O)CCC(C)=O.CC1(CC(=O)OCCOCCO)OCC(CO)O1.CC1(CCC(=O)OCCOCCOC(=O)CC2(C)OCC(CO)O2)OCC(CO)O1.OCC(O)CO.OCCOCCO. The molecule has 6 unspecified atom stereocenters. The molecule has 0 bridgehead atoms. The van der Waals surface area contributed by atoms with Crippen molar-refractivity contribution in [2.24, 2.45) is 0 Å². The second-order valence-corrected chi connectivity index (χ2v) is 22.2. The van der Waals surface area contributed by atoms with Gasteiger partial charge in [0.25, 0.3) is 0 Å². The predicted molar refractivity (Wildman–Crippen MR) is 387 cm³/mol. The summed E-state index contributed by atoms with van der Waals surface area (Å²) in [6, 6.07) is 0. The fraction of sp³-hybridized carbons (Fsp3) is 0.843. The fourth-order valence-electron chi connectivity index (χ4n) is 7.00. The van der Waals surface area contributed by atoms with Crippen LogP contribution in [0, 0.1) is 0 Å². The van der Waals surface area contributed by atoms with Gasteiger partial charge in [0, 0.05) is 45.1 Å². The molecule has 3 rings (SSSR count). The third-order valence-corrected chi connectivity index (χ3v) is 12.2. The van der Waals surface area contributed by atoms with E-state index >= 15 is 0 Å². The topological polar surface area (TPSA) is 558 Å². The van der Waals surface area contributed by atoms with E-state index in [0.717, 1.165) is 0 Å². The second kappa shape index (κ2) is 80.7. The van der Waals surface area contributed by atoms with Gasteiger partial charge < -0.3 is 151 Å². The second-order valence-electron chi connectivity index (χ2n) is 22.2. The van der Waals surface area contributed by atoms with E-state index in [2.05, 4.69) is 9.47 Å². The lowest BCUT2D eigenvalue weighted by atomic mass is 10.2. The van der Waals surface area contributed by atoms with Gasteiger partial charge in [-0.15, -0.1) is 0 Å². The third kappa shape index (κ3) is 82.7. The summed E-state index contributed by atoms with van der Waals surface area (Å²) in [5, 5.41) is 92.0. The van der Waals surface area contributed by atoms with Crippen molar-refractivity contribution in [1.82, 2.24) is 0 Å². The average molecular weight is 1590 g/mol. The molecule has 0 radical (unpaired) electrons. The quantitative estimate of drug-likeness (QED) is 0.0232. The van der Waals surface area contributed by atoms with Crippen LogP contribution in [0.3, 0.4) is 0 Å². The van der Waals surface area contributed by atoms with Crippen LogP contribution in [0.5, 0.6) is 0 Å². The Kier molecular flexibility index (Phi) is 92.0. The summed E-state index contributed by atoms with van der Waals surface area (Å²) in [4.78, 5) is 120. The first-order chi connectivity index (χ1) is 48.3. The summed E-state index contributed by atoms with van der Waals surface area (Å²) in [5.41, 5.74) is 0. The van der Waals surface area contributed by atoms with Gasteiger partial charge in [0.1, 0.15) is 80.6 Å². The molecular formula is C70H138O38. The Morgan fingerprint density at radius 3 is 0.852 bits per heavy atom. The first-order valence-electron chi connectivity index (χ1n) is 32.9. The fourth-order valence-corrected chi connectivity index (χ4v) is 7.00. The van der Waals surface area contributed by atoms with Crippen LogP contribution in [0.4, 0.5) is 0 Å². The molecule has 3 aliphatic rings. The van der Waals surface area contributed by atoms with Crippen LogP contribution in [-0.2, 0) is 129 Å². The Hall–Kier alpha value is -5.83.